The number of hydroxylamine groups is 2. The van der Waals surface area contributed by atoms with Gasteiger partial charge in [-0.25, -0.2) is 13.2 Å². The molecule has 3 rings (SSSR count). The Hall–Kier alpha value is -2.42. The molecule has 0 atom stereocenters. The average molecular weight is 428 g/mol. The molecule has 2 aromatic rings. The fourth-order valence-corrected chi connectivity index (χ4v) is 4.47. The summed E-state index contributed by atoms with van der Waals surface area (Å²) in [5.74, 6) is -3.25. The van der Waals surface area contributed by atoms with Crippen molar-refractivity contribution in [1.82, 2.24) is 5.06 Å². The number of hydrogen-bond donors (Lipinski definition) is 0. The molecule has 0 unspecified atom stereocenters. The van der Waals surface area contributed by atoms with Crippen LogP contribution in [0.1, 0.15) is 27.1 Å². The van der Waals surface area contributed by atoms with Gasteiger partial charge in [0.2, 0.25) is 0 Å². The summed E-state index contributed by atoms with van der Waals surface area (Å²) < 4.78 is 24.7. The van der Waals surface area contributed by atoms with Crippen LogP contribution in [0.25, 0.3) is 0 Å². The molecule has 0 aliphatic carbocycles. The summed E-state index contributed by atoms with van der Waals surface area (Å²) in [6.45, 7) is 0. The first-order chi connectivity index (χ1) is 12.7. The van der Waals surface area contributed by atoms with Crippen LogP contribution in [0.2, 0.25) is 10.0 Å². The number of amides is 2. The molecule has 10 heteroatoms. The second kappa shape index (κ2) is 7.30. The Balaban J connectivity index is 1.68. The maximum atomic E-state index is 12.4. The van der Waals surface area contributed by atoms with Gasteiger partial charge >= 0.3 is 5.97 Å². The van der Waals surface area contributed by atoms with Crippen molar-refractivity contribution < 1.29 is 27.6 Å². The second-order valence-corrected chi connectivity index (χ2v) is 8.48. The van der Waals surface area contributed by atoms with E-state index in [0.29, 0.717) is 5.06 Å². The Labute approximate surface area is 164 Å². The monoisotopic (exact) mass is 427 g/mol. The lowest BCUT2D eigenvalue weighted by atomic mass is 10.1. The van der Waals surface area contributed by atoms with E-state index in [0.717, 1.165) is 0 Å². The molecule has 0 aromatic heterocycles. The van der Waals surface area contributed by atoms with Crippen LogP contribution in [0.3, 0.4) is 0 Å². The maximum Gasteiger partial charge on any atom is 0.334 e. The summed E-state index contributed by atoms with van der Waals surface area (Å²) in [5.41, 5.74) is 0.210. The molecule has 0 saturated carbocycles. The van der Waals surface area contributed by atoms with Gasteiger partial charge < -0.3 is 4.84 Å². The minimum absolute atomic E-state index is 0.0342. The van der Waals surface area contributed by atoms with Crippen LogP contribution in [0.5, 0.6) is 0 Å². The molecule has 1 heterocycles. The average Bonchev–Trinajstić information content (AvgIpc) is 2.87. The van der Waals surface area contributed by atoms with E-state index < -0.39 is 39.8 Å². The number of fused-ring (bicyclic) bond motifs is 1. The van der Waals surface area contributed by atoms with Crippen molar-refractivity contribution in [2.24, 2.45) is 0 Å². The first kappa shape index (κ1) is 19.3. The number of rotatable bonds is 5. The molecular formula is C17H11Cl2NO6S. The fourth-order valence-electron chi connectivity index (χ4n) is 2.44. The van der Waals surface area contributed by atoms with Gasteiger partial charge in [-0.05, 0) is 30.3 Å². The number of carbonyl (C=O) groups excluding carboxylic acids is 3. The molecule has 7 nitrogen and oxygen atoms in total. The lowest BCUT2D eigenvalue weighted by Gasteiger charge is -2.13. The number of carbonyl (C=O) groups is 3. The molecule has 0 bridgehead atoms. The van der Waals surface area contributed by atoms with Gasteiger partial charge in [-0.2, -0.15) is 0 Å². The third-order valence-electron chi connectivity index (χ3n) is 3.75. The van der Waals surface area contributed by atoms with Gasteiger partial charge in [-0.1, -0.05) is 40.4 Å². The molecule has 0 spiro atoms. The Morgan fingerprint density at radius 3 is 2.19 bits per heavy atom. The zero-order chi connectivity index (χ0) is 19.8. The summed E-state index contributed by atoms with van der Waals surface area (Å²) in [7, 11) is -3.93. The molecular weight excluding hydrogens is 417 g/mol. The van der Waals surface area contributed by atoms with Crippen molar-refractivity contribution in [2.45, 2.75) is 11.3 Å². The molecule has 27 heavy (non-hydrogen) atoms. The molecule has 2 amide bonds. The lowest BCUT2D eigenvalue weighted by Crippen LogP contribution is -2.33. The number of hydrogen-bond acceptors (Lipinski definition) is 6. The van der Waals surface area contributed by atoms with Crippen molar-refractivity contribution in [1.29, 1.82) is 0 Å². The van der Waals surface area contributed by atoms with E-state index in [2.05, 4.69) is 0 Å². The molecule has 0 fully saturated rings. The van der Waals surface area contributed by atoms with Gasteiger partial charge in [0.1, 0.15) is 0 Å². The predicted octanol–water partition coefficient (Wildman–Crippen LogP) is 2.91. The number of sulfone groups is 1. The predicted molar refractivity (Wildman–Crippen MR) is 96.2 cm³/mol. The smallest absolute Gasteiger partial charge is 0.330 e. The van der Waals surface area contributed by atoms with Gasteiger partial charge in [-0.3, -0.25) is 9.59 Å². The zero-order valence-electron chi connectivity index (χ0n) is 13.5. The highest BCUT2D eigenvalue weighted by Crippen LogP contribution is 2.27. The van der Waals surface area contributed by atoms with Crippen LogP contribution < -0.4 is 0 Å². The zero-order valence-corrected chi connectivity index (χ0v) is 15.8. The van der Waals surface area contributed by atoms with Crippen molar-refractivity contribution in [3.05, 3.63) is 63.6 Å². The van der Waals surface area contributed by atoms with Gasteiger partial charge in [0.15, 0.2) is 9.84 Å². The van der Waals surface area contributed by atoms with Crippen molar-refractivity contribution in [3.63, 3.8) is 0 Å². The van der Waals surface area contributed by atoms with Crippen LogP contribution in [0, 0.1) is 0 Å². The van der Waals surface area contributed by atoms with E-state index in [1.165, 1.54) is 30.3 Å². The van der Waals surface area contributed by atoms with E-state index in [9.17, 15) is 22.8 Å². The van der Waals surface area contributed by atoms with Crippen LogP contribution in [0.15, 0.2) is 47.4 Å². The Morgan fingerprint density at radius 1 is 1.00 bits per heavy atom. The minimum atomic E-state index is -3.93. The minimum Gasteiger partial charge on any atom is -0.330 e. The summed E-state index contributed by atoms with van der Waals surface area (Å²) in [5, 5.41) is 0.464. The lowest BCUT2D eigenvalue weighted by molar-refractivity contribution is -0.168. The Bertz CT molecular complexity index is 1030. The Kier molecular flexibility index (Phi) is 5.23. The van der Waals surface area contributed by atoms with Gasteiger partial charge in [0.05, 0.1) is 33.2 Å². The molecule has 2 aromatic carbocycles. The van der Waals surface area contributed by atoms with E-state index in [1.54, 1.807) is 12.1 Å². The van der Waals surface area contributed by atoms with Crippen molar-refractivity contribution in [3.8, 4) is 0 Å². The van der Waals surface area contributed by atoms with Gasteiger partial charge in [0, 0.05) is 5.02 Å². The Morgan fingerprint density at radius 2 is 1.59 bits per heavy atom. The standard InChI is InChI=1S/C17H11Cl2NO6S/c18-10-5-6-13(19)14(9-10)27(24,25)8-7-15(21)26-20-16(22)11-3-1-2-4-12(11)17(20)23/h1-6,9H,7-8H2. The highest BCUT2D eigenvalue weighted by atomic mass is 35.5. The molecule has 1 aliphatic rings. The van der Waals surface area contributed by atoms with Crippen LogP contribution in [0.4, 0.5) is 0 Å². The SMILES string of the molecule is O=C(CCS(=O)(=O)c1cc(Cl)ccc1Cl)ON1C(=O)c2ccccc2C1=O. The molecule has 140 valence electrons. The second-order valence-electron chi connectivity index (χ2n) is 5.56. The van der Waals surface area contributed by atoms with E-state index >= 15 is 0 Å². The van der Waals surface area contributed by atoms with Gasteiger partial charge in [0.25, 0.3) is 11.8 Å². The van der Waals surface area contributed by atoms with Crippen molar-refractivity contribution in [2.75, 3.05) is 5.75 Å². The number of benzene rings is 2. The number of imide groups is 1. The number of nitrogens with zero attached hydrogens (tertiary/aromatic N) is 1. The normalized spacial score (nSPS) is 13.6. The van der Waals surface area contributed by atoms with Crippen LogP contribution >= 0.6 is 23.2 Å². The molecule has 0 radical (unpaired) electrons. The highest BCUT2D eigenvalue weighted by molar-refractivity contribution is 7.91. The third kappa shape index (κ3) is 3.83. The molecule has 0 saturated heterocycles. The summed E-state index contributed by atoms with van der Waals surface area (Å²) in [6, 6.07) is 9.92. The topological polar surface area (TPSA) is 97.8 Å². The van der Waals surface area contributed by atoms with E-state index in [1.807, 2.05) is 0 Å². The first-order valence-corrected chi connectivity index (χ1v) is 9.98. The third-order valence-corrected chi connectivity index (χ3v) is 6.18. The van der Waals surface area contributed by atoms with Crippen LogP contribution in [-0.2, 0) is 19.5 Å². The maximum absolute atomic E-state index is 12.4. The first-order valence-electron chi connectivity index (χ1n) is 7.57. The van der Waals surface area contributed by atoms with E-state index in [4.69, 9.17) is 28.0 Å². The largest absolute Gasteiger partial charge is 0.334 e. The molecule has 0 N–H and O–H groups in total. The van der Waals surface area contributed by atoms with Gasteiger partial charge in [-0.15, -0.1) is 0 Å². The molecule has 1 aliphatic heterocycles. The van der Waals surface area contributed by atoms with Crippen LogP contribution in [-0.4, -0.2) is 37.0 Å². The quantitative estimate of drug-likeness (QED) is 0.680. The summed E-state index contributed by atoms with van der Waals surface area (Å²) in [6.07, 6.45) is -0.585. The fraction of sp³-hybridized carbons (Fsp3) is 0.118. The number of halogens is 2. The van der Waals surface area contributed by atoms with Crippen molar-refractivity contribution >= 4 is 50.8 Å². The summed E-state index contributed by atoms with van der Waals surface area (Å²) in [4.78, 5) is 40.8. The van der Waals surface area contributed by atoms with E-state index in [-0.39, 0.29) is 26.1 Å². The summed E-state index contributed by atoms with van der Waals surface area (Å²) >= 11 is 11.7. The highest BCUT2D eigenvalue weighted by Gasteiger charge is 2.38.